The van der Waals surface area contributed by atoms with Crippen LogP contribution in [0.3, 0.4) is 0 Å². The van der Waals surface area contributed by atoms with Gasteiger partial charge in [-0.3, -0.25) is 9.59 Å². The van der Waals surface area contributed by atoms with Crippen molar-refractivity contribution in [1.82, 2.24) is 0 Å². The molecule has 0 bridgehead atoms. The van der Waals surface area contributed by atoms with Crippen LogP contribution in [0.15, 0.2) is 24.3 Å². The Morgan fingerprint density at radius 3 is 1.94 bits per heavy atom. The quantitative estimate of drug-likeness (QED) is 0.823. The zero-order valence-corrected chi connectivity index (χ0v) is 9.25. The fourth-order valence-electron chi connectivity index (χ4n) is 3.25. The van der Waals surface area contributed by atoms with E-state index < -0.39 is 29.2 Å². The summed E-state index contributed by atoms with van der Waals surface area (Å²) in [5.74, 6) is -2.99. The molecule has 2 aliphatic carbocycles. The smallest absolute Gasteiger partial charge is 0.307 e. The zero-order chi connectivity index (χ0) is 12.4. The predicted molar refractivity (Wildman–Crippen MR) is 58.6 cm³/mol. The van der Waals surface area contributed by atoms with E-state index in [0.717, 1.165) is 11.1 Å². The van der Waals surface area contributed by atoms with Crippen LogP contribution in [0.25, 0.3) is 0 Å². The van der Waals surface area contributed by atoms with Gasteiger partial charge < -0.3 is 10.2 Å². The first-order valence-corrected chi connectivity index (χ1v) is 5.54. The van der Waals surface area contributed by atoms with Crippen LogP contribution in [-0.2, 0) is 15.0 Å². The minimum absolute atomic E-state index is 0.208. The van der Waals surface area contributed by atoms with Crippen molar-refractivity contribution < 1.29 is 19.8 Å². The van der Waals surface area contributed by atoms with Gasteiger partial charge in [-0.2, -0.15) is 0 Å². The molecule has 1 aromatic carbocycles. The van der Waals surface area contributed by atoms with Gasteiger partial charge in [-0.15, -0.1) is 0 Å². The van der Waals surface area contributed by atoms with Crippen LogP contribution in [0, 0.1) is 24.7 Å². The Morgan fingerprint density at radius 1 is 1.06 bits per heavy atom. The molecule has 0 spiro atoms. The lowest BCUT2D eigenvalue weighted by molar-refractivity contribution is -0.144. The summed E-state index contributed by atoms with van der Waals surface area (Å²) in [6.45, 7) is 1.95. The number of carboxylic acid groups (broad SMARTS) is 2. The Labute approximate surface area is 97.9 Å². The molecule has 4 heteroatoms. The van der Waals surface area contributed by atoms with Crippen LogP contribution in [0.1, 0.15) is 11.1 Å². The van der Waals surface area contributed by atoms with Crippen molar-refractivity contribution in [2.45, 2.75) is 12.3 Å². The standard InChI is InChI=1S/C13H12O4/c1-6-2-4-7(5-3-6)13-8(9(13)11(14)15)10(13)12(16)17/h2-5,8-10H,1H3,(H,14,15)(H,16,17)/t8?,9-,10-,13?/m0/s1. The van der Waals surface area contributed by atoms with E-state index in [1.165, 1.54) is 0 Å². The molecule has 2 N–H and O–H groups in total. The SMILES string of the molecule is Cc1ccc(C23C([C@H]2C(=O)O)[C@H]3C(=O)O)cc1. The summed E-state index contributed by atoms with van der Waals surface area (Å²) in [6.07, 6.45) is 0. The lowest BCUT2D eigenvalue weighted by Crippen LogP contribution is -2.25. The molecule has 0 radical (unpaired) electrons. The summed E-state index contributed by atoms with van der Waals surface area (Å²) in [6, 6.07) is 7.51. The molecule has 2 fully saturated rings. The van der Waals surface area contributed by atoms with Gasteiger partial charge in [0.25, 0.3) is 0 Å². The first-order valence-electron chi connectivity index (χ1n) is 5.54. The highest BCUT2D eigenvalue weighted by molar-refractivity contribution is 5.92. The Bertz CT molecular complexity index is 495. The van der Waals surface area contributed by atoms with Crippen LogP contribution in [0.5, 0.6) is 0 Å². The average molecular weight is 232 g/mol. The molecule has 3 rings (SSSR count). The molecule has 2 aliphatic rings. The number of rotatable bonds is 3. The molecular formula is C13H12O4. The van der Waals surface area contributed by atoms with Crippen molar-refractivity contribution in [2.24, 2.45) is 17.8 Å². The molecule has 1 aromatic rings. The van der Waals surface area contributed by atoms with Crippen molar-refractivity contribution in [1.29, 1.82) is 0 Å². The number of carbonyl (C=O) groups is 2. The topological polar surface area (TPSA) is 74.6 Å². The van der Waals surface area contributed by atoms with Crippen molar-refractivity contribution in [2.75, 3.05) is 0 Å². The molecule has 0 saturated heterocycles. The fourth-order valence-corrected chi connectivity index (χ4v) is 3.25. The number of carboxylic acids is 2. The molecule has 0 unspecified atom stereocenters. The van der Waals surface area contributed by atoms with E-state index in [-0.39, 0.29) is 5.92 Å². The number of fused-ring (bicyclic) bond motifs is 1. The minimum Gasteiger partial charge on any atom is -0.481 e. The molecular weight excluding hydrogens is 220 g/mol. The summed E-state index contributed by atoms with van der Waals surface area (Å²) in [5, 5.41) is 18.1. The van der Waals surface area contributed by atoms with Gasteiger partial charge in [0.15, 0.2) is 0 Å². The van der Waals surface area contributed by atoms with Crippen LogP contribution in [-0.4, -0.2) is 22.2 Å². The van der Waals surface area contributed by atoms with Crippen LogP contribution in [0.2, 0.25) is 0 Å². The van der Waals surface area contributed by atoms with E-state index >= 15 is 0 Å². The van der Waals surface area contributed by atoms with Crippen molar-refractivity contribution in [3.8, 4) is 0 Å². The highest BCUT2D eigenvalue weighted by Gasteiger charge is 2.92. The average Bonchev–Trinajstić information content (AvgIpc) is 3.04. The maximum absolute atomic E-state index is 11.0. The van der Waals surface area contributed by atoms with Crippen LogP contribution in [0.4, 0.5) is 0 Å². The number of hydrogen-bond donors (Lipinski definition) is 2. The first-order chi connectivity index (χ1) is 8.01. The maximum atomic E-state index is 11.0. The number of hydrogen-bond acceptors (Lipinski definition) is 2. The van der Waals surface area contributed by atoms with E-state index in [9.17, 15) is 9.59 Å². The van der Waals surface area contributed by atoms with Gasteiger partial charge in [-0.1, -0.05) is 29.8 Å². The van der Waals surface area contributed by atoms with Gasteiger partial charge in [-0.25, -0.2) is 0 Å². The normalized spacial score (nSPS) is 37.1. The summed E-state index contributed by atoms with van der Waals surface area (Å²) < 4.78 is 0. The van der Waals surface area contributed by atoms with E-state index in [2.05, 4.69) is 0 Å². The monoisotopic (exact) mass is 232 g/mol. The van der Waals surface area contributed by atoms with Gasteiger partial charge in [0.2, 0.25) is 0 Å². The van der Waals surface area contributed by atoms with Gasteiger partial charge in [0, 0.05) is 5.41 Å². The largest absolute Gasteiger partial charge is 0.481 e. The highest BCUT2D eigenvalue weighted by atomic mass is 16.4. The van der Waals surface area contributed by atoms with Gasteiger partial charge >= 0.3 is 11.9 Å². The van der Waals surface area contributed by atoms with E-state index in [4.69, 9.17) is 10.2 Å². The number of aliphatic carboxylic acids is 2. The third-order valence-corrected chi connectivity index (χ3v) is 4.16. The molecule has 2 atom stereocenters. The van der Waals surface area contributed by atoms with Gasteiger partial charge in [-0.05, 0) is 18.4 Å². The predicted octanol–water partition coefficient (Wildman–Crippen LogP) is 1.28. The third kappa shape index (κ3) is 1.07. The minimum atomic E-state index is -0.881. The summed E-state index contributed by atoms with van der Waals surface area (Å²) in [4.78, 5) is 22.0. The Balaban J connectivity index is 1.97. The molecule has 0 amide bonds. The molecule has 0 aromatic heterocycles. The lowest BCUT2D eigenvalue weighted by Gasteiger charge is -2.14. The summed E-state index contributed by atoms with van der Waals surface area (Å²) in [7, 11) is 0. The molecule has 4 nitrogen and oxygen atoms in total. The molecule has 2 saturated carbocycles. The molecule has 0 aliphatic heterocycles. The van der Waals surface area contributed by atoms with Crippen molar-refractivity contribution in [3.63, 3.8) is 0 Å². The van der Waals surface area contributed by atoms with Gasteiger partial charge in [0.05, 0.1) is 11.8 Å². The van der Waals surface area contributed by atoms with E-state index in [0.29, 0.717) is 0 Å². The second-order valence-corrected chi connectivity index (χ2v) is 4.96. The fraction of sp³-hybridized carbons (Fsp3) is 0.385. The van der Waals surface area contributed by atoms with Crippen molar-refractivity contribution >= 4 is 11.9 Å². The Hall–Kier alpha value is -1.84. The molecule has 0 heterocycles. The summed E-state index contributed by atoms with van der Waals surface area (Å²) in [5.41, 5.74) is 1.32. The van der Waals surface area contributed by atoms with Crippen LogP contribution < -0.4 is 0 Å². The highest BCUT2D eigenvalue weighted by Crippen LogP contribution is 2.83. The molecule has 17 heavy (non-hydrogen) atoms. The second kappa shape index (κ2) is 2.88. The maximum Gasteiger partial charge on any atom is 0.307 e. The Kier molecular flexibility index (Phi) is 1.75. The van der Waals surface area contributed by atoms with Gasteiger partial charge in [0.1, 0.15) is 0 Å². The third-order valence-electron chi connectivity index (χ3n) is 4.16. The molecule has 88 valence electrons. The second-order valence-electron chi connectivity index (χ2n) is 4.96. The Morgan fingerprint density at radius 2 is 1.53 bits per heavy atom. The van der Waals surface area contributed by atoms with E-state index in [1.807, 2.05) is 31.2 Å². The first kappa shape index (κ1) is 10.3. The summed E-state index contributed by atoms with van der Waals surface area (Å²) >= 11 is 0. The van der Waals surface area contributed by atoms with Crippen molar-refractivity contribution in [3.05, 3.63) is 35.4 Å². The zero-order valence-electron chi connectivity index (χ0n) is 9.25. The number of benzene rings is 1. The lowest BCUT2D eigenvalue weighted by atomic mass is 9.89. The van der Waals surface area contributed by atoms with E-state index in [1.54, 1.807) is 0 Å². The number of aryl methyl sites for hydroxylation is 1. The van der Waals surface area contributed by atoms with Crippen LogP contribution >= 0.6 is 0 Å².